The third-order valence-corrected chi connectivity index (χ3v) is 6.48. The van der Waals surface area contributed by atoms with E-state index in [4.69, 9.17) is 9.84 Å². The number of aliphatic hydroxyl groups excluding tert-OH is 3. The fourth-order valence-electron chi connectivity index (χ4n) is 4.49. The number of rotatable bonds is 10. The van der Waals surface area contributed by atoms with Gasteiger partial charge < -0.3 is 29.5 Å². The first-order valence-corrected chi connectivity index (χ1v) is 12.3. The Hall–Kier alpha value is -2.97. The molecule has 0 spiro atoms. The van der Waals surface area contributed by atoms with E-state index in [1.807, 2.05) is 36.4 Å². The van der Waals surface area contributed by atoms with E-state index < -0.39 is 6.10 Å². The second-order valence-electron chi connectivity index (χ2n) is 9.01. The van der Waals surface area contributed by atoms with Gasteiger partial charge in [0.1, 0.15) is 23.8 Å². The van der Waals surface area contributed by atoms with E-state index in [1.165, 1.54) is 0 Å². The fourth-order valence-corrected chi connectivity index (χ4v) is 4.49. The van der Waals surface area contributed by atoms with Crippen LogP contribution in [-0.4, -0.2) is 68.7 Å². The SMILES string of the molecule is CC(O)c1nccn1C(/C=C/c1ccc(-c2ccc(OC3CCN(CCO)CC3)cc2)cc1)CO. The first-order valence-electron chi connectivity index (χ1n) is 12.3. The predicted octanol–water partition coefficient (Wildman–Crippen LogP) is 3.69. The zero-order valence-electron chi connectivity index (χ0n) is 20.2. The summed E-state index contributed by atoms with van der Waals surface area (Å²) in [5, 5.41) is 28.8. The molecule has 0 aliphatic carbocycles. The molecule has 0 bridgehead atoms. The minimum atomic E-state index is -0.701. The topological polar surface area (TPSA) is 91.0 Å². The number of piperidine rings is 1. The maximum atomic E-state index is 9.88. The number of hydrogen-bond donors (Lipinski definition) is 3. The summed E-state index contributed by atoms with van der Waals surface area (Å²) in [6.07, 6.45) is 8.78. The molecule has 4 rings (SSSR count). The van der Waals surface area contributed by atoms with Crippen LogP contribution in [0.25, 0.3) is 17.2 Å². The zero-order chi connectivity index (χ0) is 24.6. The highest BCUT2D eigenvalue weighted by molar-refractivity contribution is 5.66. The molecule has 0 amide bonds. The molecule has 7 nitrogen and oxygen atoms in total. The largest absolute Gasteiger partial charge is 0.490 e. The molecule has 3 N–H and O–H groups in total. The van der Waals surface area contributed by atoms with Crippen molar-refractivity contribution < 1.29 is 20.1 Å². The Morgan fingerprint density at radius 3 is 2.29 bits per heavy atom. The number of benzene rings is 2. The van der Waals surface area contributed by atoms with Crippen molar-refractivity contribution in [2.24, 2.45) is 0 Å². The summed E-state index contributed by atoms with van der Waals surface area (Å²) in [5.41, 5.74) is 3.27. The molecule has 2 unspecified atom stereocenters. The molecule has 35 heavy (non-hydrogen) atoms. The number of nitrogens with zero attached hydrogens (tertiary/aromatic N) is 3. The van der Waals surface area contributed by atoms with Crippen molar-refractivity contribution in [1.29, 1.82) is 0 Å². The van der Waals surface area contributed by atoms with E-state index in [0.717, 1.165) is 54.9 Å². The number of hydrogen-bond acceptors (Lipinski definition) is 6. The summed E-state index contributed by atoms with van der Waals surface area (Å²) in [6.45, 7) is 4.47. The third-order valence-electron chi connectivity index (χ3n) is 6.48. The quantitative estimate of drug-likeness (QED) is 0.413. The standard InChI is InChI=1S/C28H35N3O4/c1-21(34)28-29-14-17-31(28)25(20-33)9-4-22-2-5-23(6-3-22)24-7-10-26(11-8-24)35-27-12-15-30(16-13-27)18-19-32/h2-11,14,17,21,25,27,32-34H,12-13,15-16,18-20H2,1H3/b9-4+. The lowest BCUT2D eigenvalue weighted by Crippen LogP contribution is -2.39. The smallest absolute Gasteiger partial charge is 0.137 e. The Labute approximate surface area is 206 Å². The summed E-state index contributed by atoms with van der Waals surface area (Å²) in [4.78, 5) is 6.46. The molecule has 1 aliphatic rings. The van der Waals surface area contributed by atoms with Crippen LogP contribution in [0, 0.1) is 0 Å². The van der Waals surface area contributed by atoms with Crippen molar-refractivity contribution in [1.82, 2.24) is 14.5 Å². The van der Waals surface area contributed by atoms with Gasteiger partial charge in [-0.2, -0.15) is 0 Å². The maximum absolute atomic E-state index is 9.88. The molecule has 7 heteroatoms. The van der Waals surface area contributed by atoms with Crippen molar-refractivity contribution in [3.8, 4) is 16.9 Å². The van der Waals surface area contributed by atoms with Crippen molar-refractivity contribution in [2.75, 3.05) is 32.8 Å². The lowest BCUT2D eigenvalue weighted by atomic mass is 10.0. The predicted molar refractivity (Wildman–Crippen MR) is 137 cm³/mol. The summed E-state index contributed by atoms with van der Waals surface area (Å²) < 4.78 is 7.96. The normalized spacial score (nSPS) is 17.0. The lowest BCUT2D eigenvalue weighted by molar-refractivity contribution is 0.0889. The van der Waals surface area contributed by atoms with Crippen LogP contribution in [0.15, 0.2) is 67.0 Å². The Balaban J connectivity index is 1.35. The molecule has 2 heterocycles. The first-order chi connectivity index (χ1) is 17.1. The van der Waals surface area contributed by atoms with Crippen molar-refractivity contribution in [2.45, 2.75) is 38.0 Å². The van der Waals surface area contributed by atoms with E-state index in [1.54, 1.807) is 23.9 Å². The Morgan fingerprint density at radius 1 is 1.03 bits per heavy atom. The number of likely N-dealkylation sites (tertiary alicyclic amines) is 1. The average Bonchev–Trinajstić information content (AvgIpc) is 3.37. The van der Waals surface area contributed by atoms with Crippen molar-refractivity contribution >= 4 is 6.08 Å². The molecule has 1 aliphatic heterocycles. The Kier molecular flexibility index (Phi) is 8.71. The summed E-state index contributed by atoms with van der Waals surface area (Å²) in [6, 6.07) is 16.2. The van der Waals surface area contributed by atoms with Crippen LogP contribution in [0.1, 0.15) is 43.3 Å². The highest BCUT2D eigenvalue weighted by atomic mass is 16.5. The number of aliphatic hydroxyl groups is 3. The first kappa shape index (κ1) is 25.1. The molecular formula is C28H35N3O4. The summed E-state index contributed by atoms with van der Waals surface area (Å²) >= 11 is 0. The van der Waals surface area contributed by atoms with Crippen molar-refractivity contribution in [3.63, 3.8) is 0 Å². The molecule has 0 radical (unpaired) electrons. The van der Waals surface area contributed by atoms with Gasteiger partial charge >= 0.3 is 0 Å². The second kappa shape index (κ2) is 12.1. The molecule has 2 aromatic carbocycles. The molecular weight excluding hydrogens is 442 g/mol. The van der Waals surface area contributed by atoms with Crippen LogP contribution < -0.4 is 4.74 Å². The van der Waals surface area contributed by atoms with Gasteiger partial charge in [0.25, 0.3) is 0 Å². The highest BCUT2D eigenvalue weighted by Crippen LogP contribution is 2.26. The van der Waals surface area contributed by atoms with Crippen LogP contribution in [0.2, 0.25) is 0 Å². The van der Waals surface area contributed by atoms with E-state index in [0.29, 0.717) is 5.82 Å². The minimum Gasteiger partial charge on any atom is -0.490 e. The number of imidazole rings is 1. The van der Waals surface area contributed by atoms with Gasteiger partial charge in [-0.25, -0.2) is 4.98 Å². The molecule has 1 fully saturated rings. The molecule has 2 atom stereocenters. The zero-order valence-corrected chi connectivity index (χ0v) is 20.2. The van der Waals surface area contributed by atoms with Crippen LogP contribution >= 0.6 is 0 Å². The van der Waals surface area contributed by atoms with Gasteiger partial charge in [0.05, 0.1) is 19.3 Å². The van der Waals surface area contributed by atoms with Crippen LogP contribution in [-0.2, 0) is 0 Å². The van der Waals surface area contributed by atoms with Gasteiger partial charge in [-0.15, -0.1) is 0 Å². The molecule has 3 aromatic rings. The van der Waals surface area contributed by atoms with Gasteiger partial charge in [-0.3, -0.25) is 0 Å². The second-order valence-corrected chi connectivity index (χ2v) is 9.01. The molecule has 186 valence electrons. The monoisotopic (exact) mass is 477 g/mol. The number of ether oxygens (including phenoxy) is 1. The van der Waals surface area contributed by atoms with Gasteiger partial charge in [0.2, 0.25) is 0 Å². The molecule has 1 aromatic heterocycles. The van der Waals surface area contributed by atoms with Gasteiger partial charge in [-0.05, 0) is 48.6 Å². The van der Waals surface area contributed by atoms with Crippen LogP contribution in [0.4, 0.5) is 0 Å². The minimum absolute atomic E-state index is 0.0825. The fraction of sp³-hybridized carbons (Fsp3) is 0.393. The Morgan fingerprint density at radius 2 is 1.69 bits per heavy atom. The van der Waals surface area contributed by atoms with Gasteiger partial charge in [0, 0.05) is 32.0 Å². The number of aromatic nitrogens is 2. The maximum Gasteiger partial charge on any atom is 0.137 e. The number of β-amino-alcohol motifs (C(OH)–C–C–N with tert-alkyl or cyclic N) is 1. The van der Waals surface area contributed by atoms with Gasteiger partial charge in [-0.1, -0.05) is 48.6 Å². The average molecular weight is 478 g/mol. The summed E-state index contributed by atoms with van der Waals surface area (Å²) in [7, 11) is 0. The van der Waals surface area contributed by atoms with E-state index in [2.05, 4.69) is 34.1 Å². The molecule has 0 saturated carbocycles. The van der Waals surface area contributed by atoms with E-state index in [9.17, 15) is 10.2 Å². The van der Waals surface area contributed by atoms with Gasteiger partial charge in [0.15, 0.2) is 0 Å². The van der Waals surface area contributed by atoms with Crippen LogP contribution in [0.3, 0.4) is 0 Å². The van der Waals surface area contributed by atoms with E-state index in [-0.39, 0.29) is 25.4 Å². The Bertz CT molecular complexity index is 1070. The third kappa shape index (κ3) is 6.58. The highest BCUT2D eigenvalue weighted by Gasteiger charge is 2.20. The van der Waals surface area contributed by atoms with Crippen LogP contribution in [0.5, 0.6) is 5.75 Å². The summed E-state index contributed by atoms with van der Waals surface area (Å²) in [5.74, 6) is 1.42. The van der Waals surface area contributed by atoms with E-state index >= 15 is 0 Å². The van der Waals surface area contributed by atoms with Crippen molar-refractivity contribution in [3.05, 3.63) is 78.4 Å². The lowest BCUT2D eigenvalue weighted by Gasteiger charge is -2.31. The molecule has 1 saturated heterocycles.